The Hall–Kier alpha value is -1.94. The minimum Gasteiger partial charge on any atom is -0.258 e. The first kappa shape index (κ1) is 11.5. The molecular formula is C12H7ClFNO2. The molecule has 0 fully saturated rings. The first-order valence-corrected chi connectivity index (χ1v) is 5.15. The van der Waals surface area contributed by atoms with E-state index in [0.29, 0.717) is 10.6 Å². The van der Waals surface area contributed by atoms with Crippen LogP contribution in [0, 0.1) is 15.9 Å². The van der Waals surface area contributed by atoms with E-state index in [4.69, 9.17) is 11.6 Å². The van der Waals surface area contributed by atoms with Gasteiger partial charge < -0.3 is 0 Å². The van der Waals surface area contributed by atoms with E-state index in [2.05, 4.69) is 0 Å². The number of nitro groups is 1. The molecule has 2 aromatic rings. The van der Waals surface area contributed by atoms with Crippen LogP contribution in [0.25, 0.3) is 11.1 Å². The minimum absolute atomic E-state index is 0.145. The van der Waals surface area contributed by atoms with Gasteiger partial charge in [0, 0.05) is 11.1 Å². The zero-order valence-corrected chi connectivity index (χ0v) is 9.32. The van der Waals surface area contributed by atoms with E-state index in [-0.39, 0.29) is 11.3 Å². The number of hydrogen-bond acceptors (Lipinski definition) is 2. The summed E-state index contributed by atoms with van der Waals surface area (Å²) in [4.78, 5) is 10.3. The fraction of sp³-hybridized carbons (Fsp3) is 0. The zero-order valence-electron chi connectivity index (χ0n) is 8.56. The maximum atomic E-state index is 13.1. The number of benzene rings is 2. The lowest BCUT2D eigenvalue weighted by atomic mass is 10.0. The van der Waals surface area contributed by atoms with Gasteiger partial charge >= 0.3 is 0 Å². The molecule has 0 saturated carbocycles. The average molecular weight is 252 g/mol. The van der Waals surface area contributed by atoms with Crippen molar-refractivity contribution in [3.8, 4) is 11.1 Å². The van der Waals surface area contributed by atoms with Crippen molar-refractivity contribution in [1.82, 2.24) is 0 Å². The lowest BCUT2D eigenvalue weighted by Crippen LogP contribution is -1.92. The normalized spacial score (nSPS) is 10.2. The van der Waals surface area contributed by atoms with E-state index < -0.39 is 10.7 Å². The lowest BCUT2D eigenvalue weighted by Gasteiger charge is -2.03. The van der Waals surface area contributed by atoms with Crippen LogP contribution in [0.1, 0.15) is 0 Å². The van der Waals surface area contributed by atoms with Gasteiger partial charge in [-0.05, 0) is 29.8 Å². The quantitative estimate of drug-likeness (QED) is 0.597. The monoisotopic (exact) mass is 251 g/mol. The van der Waals surface area contributed by atoms with Gasteiger partial charge in [-0.15, -0.1) is 0 Å². The fourth-order valence-corrected chi connectivity index (χ4v) is 1.74. The topological polar surface area (TPSA) is 43.1 Å². The first-order valence-electron chi connectivity index (χ1n) is 4.78. The molecule has 0 aromatic heterocycles. The fourth-order valence-electron chi connectivity index (χ4n) is 1.55. The predicted molar refractivity (Wildman–Crippen MR) is 63.5 cm³/mol. The molecule has 0 aliphatic rings. The Balaban J connectivity index is 2.65. The van der Waals surface area contributed by atoms with Crippen LogP contribution in [0.4, 0.5) is 10.1 Å². The van der Waals surface area contributed by atoms with Crippen LogP contribution in [0.2, 0.25) is 5.02 Å². The van der Waals surface area contributed by atoms with Crippen molar-refractivity contribution in [3.63, 3.8) is 0 Å². The maximum absolute atomic E-state index is 13.1. The second kappa shape index (κ2) is 4.51. The second-order valence-corrected chi connectivity index (χ2v) is 3.87. The summed E-state index contributed by atoms with van der Waals surface area (Å²) >= 11 is 5.80. The van der Waals surface area contributed by atoms with Gasteiger partial charge in [0.2, 0.25) is 0 Å². The Morgan fingerprint density at radius 2 is 1.94 bits per heavy atom. The summed E-state index contributed by atoms with van der Waals surface area (Å²) in [6.45, 7) is 0. The van der Waals surface area contributed by atoms with Crippen LogP contribution in [-0.2, 0) is 0 Å². The van der Waals surface area contributed by atoms with Crippen molar-refractivity contribution in [2.45, 2.75) is 0 Å². The van der Waals surface area contributed by atoms with Gasteiger partial charge in [0.1, 0.15) is 5.82 Å². The van der Waals surface area contributed by atoms with Crippen molar-refractivity contribution in [3.05, 3.63) is 63.4 Å². The lowest BCUT2D eigenvalue weighted by molar-refractivity contribution is -0.384. The molecule has 2 aromatic carbocycles. The molecule has 0 bridgehead atoms. The van der Waals surface area contributed by atoms with E-state index in [0.717, 1.165) is 18.2 Å². The van der Waals surface area contributed by atoms with E-state index in [9.17, 15) is 14.5 Å². The van der Waals surface area contributed by atoms with Crippen LogP contribution >= 0.6 is 11.6 Å². The summed E-state index contributed by atoms with van der Waals surface area (Å²) in [5.41, 5.74) is 0.592. The summed E-state index contributed by atoms with van der Waals surface area (Å²) < 4.78 is 13.1. The standard InChI is InChI=1S/C12H7ClFNO2/c13-9-3-1-2-8(6-9)11-7-10(14)4-5-12(11)15(16)17/h1-7H. The predicted octanol–water partition coefficient (Wildman–Crippen LogP) is 4.05. The third kappa shape index (κ3) is 2.42. The van der Waals surface area contributed by atoms with Gasteiger partial charge in [0.05, 0.1) is 10.5 Å². The highest BCUT2D eigenvalue weighted by Gasteiger charge is 2.15. The van der Waals surface area contributed by atoms with Crippen molar-refractivity contribution < 1.29 is 9.31 Å². The molecule has 0 radical (unpaired) electrons. The number of nitro benzene ring substituents is 1. The molecule has 17 heavy (non-hydrogen) atoms. The van der Waals surface area contributed by atoms with Crippen molar-refractivity contribution in [2.24, 2.45) is 0 Å². The minimum atomic E-state index is -0.546. The molecule has 0 saturated heterocycles. The summed E-state index contributed by atoms with van der Waals surface area (Å²) in [5, 5.41) is 11.3. The maximum Gasteiger partial charge on any atom is 0.277 e. The second-order valence-electron chi connectivity index (χ2n) is 3.43. The Morgan fingerprint density at radius 1 is 1.18 bits per heavy atom. The van der Waals surface area contributed by atoms with Gasteiger partial charge in [-0.2, -0.15) is 0 Å². The Bertz CT molecular complexity index is 586. The molecule has 0 atom stereocenters. The molecular weight excluding hydrogens is 245 g/mol. The summed E-state index contributed by atoms with van der Waals surface area (Å²) in [6.07, 6.45) is 0. The molecule has 3 nitrogen and oxygen atoms in total. The van der Waals surface area contributed by atoms with E-state index in [1.165, 1.54) is 0 Å². The molecule has 0 amide bonds. The van der Waals surface area contributed by atoms with Crippen LogP contribution < -0.4 is 0 Å². The molecule has 2 rings (SSSR count). The number of halogens is 2. The number of nitrogens with zero attached hydrogens (tertiary/aromatic N) is 1. The van der Waals surface area contributed by atoms with Gasteiger partial charge in [-0.1, -0.05) is 23.7 Å². The van der Waals surface area contributed by atoms with Crippen molar-refractivity contribution >= 4 is 17.3 Å². The molecule has 0 spiro atoms. The first-order chi connectivity index (χ1) is 8.08. The highest BCUT2D eigenvalue weighted by atomic mass is 35.5. The number of hydrogen-bond donors (Lipinski definition) is 0. The molecule has 0 N–H and O–H groups in total. The van der Waals surface area contributed by atoms with E-state index in [1.54, 1.807) is 24.3 Å². The molecule has 86 valence electrons. The molecule has 0 aliphatic heterocycles. The largest absolute Gasteiger partial charge is 0.277 e. The molecule has 5 heteroatoms. The number of rotatable bonds is 2. The van der Waals surface area contributed by atoms with Gasteiger partial charge in [0.25, 0.3) is 5.69 Å². The van der Waals surface area contributed by atoms with Crippen LogP contribution in [0.3, 0.4) is 0 Å². The van der Waals surface area contributed by atoms with Gasteiger partial charge in [0.15, 0.2) is 0 Å². The SMILES string of the molecule is O=[N+]([O-])c1ccc(F)cc1-c1cccc(Cl)c1. The van der Waals surface area contributed by atoms with Gasteiger partial charge in [-0.25, -0.2) is 4.39 Å². The Morgan fingerprint density at radius 3 is 2.59 bits per heavy atom. The van der Waals surface area contributed by atoms with Crippen molar-refractivity contribution in [2.75, 3.05) is 0 Å². The Labute approximate surface area is 102 Å². The highest BCUT2D eigenvalue weighted by Crippen LogP contribution is 2.31. The van der Waals surface area contributed by atoms with Crippen molar-refractivity contribution in [1.29, 1.82) is 0 Å². The van der Waals surface area contributed by atoms with Crippen LogP contribution in [-0.4, -0.2) is 4.92 Å². The third-order valence-corrected chi connectivity index (χ3v) is 2.53. The highest BCUT2D eigenvalue weighted by molar-refractivity contribution is 6.30. The van der Waals surface area contributed by atoms with Gasteiger partial charge in [-0.3, -0.25) is 10.1 Å². The zero-order chi connectivity index (χ0) is 12.4. The summed E-state index contributed by atoms with van der Waals surface area (Å²) in [7, 11) is 0. The average Bonchev–Trinajstić information content (AvgIpc) is 2.28. The van der Waals surface area contributed by atoms with Crippen LogP contribution in [0.5, 0.6) is 0 Å². The van der Waals surface area contributed by atoms with E-state index in [1.807, 2.05) is 0 Å². The van der Waals surface area contributed by atoms with Crippen LogP contribution in [0.15, 0.2) is 42.5 Å². The third-order valence-electron chi connectivity index (χ3n) is 2.29. The molecule has 0 heterocycles. The van der Waals surface area contributed by atoms with E-state index >= 15 is 0 Å². The Kier molecular flexibility index (Phi) is 3.06. The smallest absolute Gasteiger partial charge is 0.258 e. The molecule has 0 unspecified atom stereocenters. The summed E-state index contributed by atoms with van der Waals surface area (Å²) in [5.74, 6) is -0.523. The molecule has 0 aliphatic carbocycles. The summed E-state index contributed by atoms with van der Waals surface area (Å²) in [6, 6.07) is 9.85.